The van der Waals surface area contributed by atoms with Crippen LogP contribution in [0.1, 0.15) is 35.2 Å². The molecule has 0 saturated carbocycles. The predicted molar refractivity (Wildman–Crippen MR) is 132 cm³/mol. The maximum atomic E-state index is 12.9. The zero-order valence-electron chi connectivity index (χ0n) is 19.1. The number of benzene rings is 2. The normalized spacial score (nSPS) is 14.7. The summed E-state index contributed by atoms with van der Waals surface area (Å²) < 4.78 is 1.71. The lowest BCUT2D eigenvalue weighted by molar-refractivity contribution is 0.0936. The van der Waals surface area contributed by atoms with E-state index in [1.807, 2.05) is 60.8 Å². The van der Waals surface area contributed by atoms with Crippen molar-refractivity contribution in [2.45, 2.75) is 19.3 Å². The number of pyridine rings is 1. The Morgan fingerprint density at radius 1 is 1.09 bits per heavy atom. The monoisotopic (exact) mass is 450 g/mol. The number of carbonyl (C=O) groups is 1. The SMILES string of the molecule is CN1CCC(CC(=O)c2cccc(-c3ccc4nc(Nc5ccccc5C#N)nn4c3)c2)CC1. The second-order valence-electron chi connectivity index (χ2n) is 8.89. The van der Waals surface area contributed by atoms with Crippen LogP contribution in [0.15, 0.2) is 66.9 Å². The van der Waals surface area contributed by atoms with Gasteiger partial charge >= 0.3 is 0 Å². The third-order valence-corrected chi connectivity index (χ3v) is 6.46. The summed E-state index contributed by atoms with van der Waals surface area (Å²) in [4.78, 5) is 19.8. The van der Waals surface area contributed by atoms with Crippen molar-refractivity contribution in [3.8, 4) is 17.2 Å². The zero-order valence-corrected chi connectivity index (χ0v) is 19.1. The molecule has 7 nitrogen and oxygen atoms in total. The quantitative estimate of drug-likeness (QED) is 0.419. The first kappa shape index (κ1) is 21.8. The van der Waals surface area contributed by atoms with Gasteiger partial charge in [-0.05, 0) is 74.8 Å². The molecule has 1 fully saturated rings. The van der Waals surface area contributed by atoms with Crippen molar-refractivity contribution in [2.75, 3.05) is 25.5 Å². The van der Waals surface area contributed by atoms with Crippen LogP contribution in [-0.4, -0.2) is 45.4 Å². The maximum absolute atomic E-state index is 12.9. The highest BCUT2D eigenvalue weighted by Crippen LogP contribution is 2.26. The van der Waals surface area contributed by atoms with Gasteiger partial charge in [-0.2, -0.15) is 10.2 Å². The Labute approximate surface area is 198 Å². The Hall–Kier alpha value is -4.02. The van der Waals surface area contributed by atoms with Crippen molar-refractivity contribution in [1.82, 2.24) is 19.5 Å². The van der Waals surface area contributed by atoms with Gasteiger partial charge in [-0.3, -0.25) is 4.79 Å². The number of para-hydroxylation sites is 1. The fraction of sp³-hybridized carbons (Fsp3) is 0.259. The fourth-order valence-corrected chi connectivity index (χ4v) is 4.44. The van der Waals surface area contributed by atoms with Gasteiger partial charge in [0.2, 0.25) is 5.95 Å². The van der Waals surface area contributed by atoms with Crippen LogP contribution in [0.5, 0.6) is 0 Å². The van der Waals surface area contributed by atoms with Crippen LogP contribution in [0.2, 0.25) is 0 Å². The molecule has 4 aromatic rings. The van der Waals surface area contributed by atoms with Gasteiger partial charge in [0.1, 0.15) is 6.07 Å². The van der Waals surface area contributed by atoms with Gasteiger partial charge in [-0.1, -0.05) is 30.3 Å². The van der Waals surface area contributed by atoms with E-state index in [1.54, 1.807) is 10.6 Å². The first-order valence-corrected chi connectivity index (χ1v) is 11.5. The maximum Gasteiger partial charge on any atom is 0.247 e. The number of nitrogens with one attached hydrogen (secondary N) is 1. The van der Waals surface area contributed by atoms with Gasteiger partial charge in [-0.15, -0.1) is 5.10 Å². The Bertz CT molecular complexity index is 1380. The number of ketones is 1. The number of piperidine rings is 1. The predicted octanol–water partition coefficient (Wildman–Crippen LogP) is 4.93. The molecule has 1 N–H and O–H groups in total. The number of carbonyl (C=O) groups excluding carboxylic acids is 1. The van der Waals surface area contributed by atoms with E-state index in [-0.39, 0.29) is 5.78 Å². The van der Waals surface area contributed by atoms with Gasteiger partial charge in [0.25, 0.3) is 0 Å². The van der Waals surface area contributed by atoms with Crippen LogP contribution in [0, 0.1) is 17.2 Å². The highest BCUT2D eigenvalue weighted by atomic mass is 16.1. The summed E-state index contributed by atoms with van der Waals surface area (Å²) in [5.41, 5.74) is 4.56. The molecule has 1 aliphatic rings. The summed E-state index contributed by atoms with van der Waals surface area (Å²) in [7, 11) is 2.14. The average molecular weight is 451 g/mol. The molecule has 5 rings (SSSR count). The van der Waals surface area contributed by atoms with Crippen molar-refractivity contribution in [3.05, 3.63) is 78.0 Å². The number of Topliss-reactive ketones (excluding diaryl/α,β-unsaturated/α-hetero) is 1. The lowest BCUT2D eigenvalue weighted by Gasteiger charge is -2.28. The van der Waals surface area contributed by atoms with Crippen LogP contribution in [0.25, 0.3) is 16.8 Å². The van der Waals surface area contributed by atoms with Gasteiger partial charge in [-0.25, -0.2) is 4.52 Å². The number of fused-ring (bicyclic) bond motifs is 1. The van der Waals surface area contributed by atoms with E-state index in [2.05, 4.69) is 33.4 Å². The summed E-state index contributed by atoms with van der Waals surface area (Å²) in [6, 6.07) is 21.1. The van der Waals surface area contributed by atoms with Crippen molar-refractivity contribution in [2.24, 2.45) is 5.92 Å². The highest BCUT2D eigenvalue weighted by molar-refractivity contribution is 5.97. The number of nitriles is 1. The van der Waals surface area contributed by atoms with E-state index in [1.165, 1.54) is 0 Å². The highest BCUT2D eigenvalue weighted by Gasteiger charge is 2.20. The van der Waals surface area contributed by atoms with Crippen LogP contribution in [0.3, 0.4) is 0 Å². The van der Waals surface area contributed by atoms with E-state index in [0.29, 0.717) is 35.2 Å². The van der Waals surface area contributed by atoms with Crippen molar-refractivity contribution < 1.29 is 4.79 Å². The topological polar surface area (TPSA) is 86.3 Å². The molecule has 7 heteroatoms. The number of nitrogens with zero attached hydrogens (tertiary/aromatic N) is 5. The number of anilines is 2. The number of hydrogen-bond donors (Lipinski definition) is 1. The average Bonchev–Trinajstić information content (AvgIpc) is 3.27. The van der Waals surface area contributed by atoms with Crippen LogP contribution in [-0.2, 0) is 0 Å². The summed E-state index contributed by atoms with van der Waals surface area (Å²) in [6.07, 6.45) is 4.68. The van der Waals surface area contributed by atoms with Gasteiger partial charge < -0.3 is 10.2 Å². The van der Waals surface area contributed by atoms with Gasteiger partial charge in [0.05, 0.1) is 11.3 Å². The molecule has 0 amide bonds. The lowest BCUT2D eigenvalue weighted by atomic mass is 9.89. The molecule has 2 aromatic carbocycles. The molecule has 0 spiro atoms. The summed E-state index contributed by atoms with van der Waals surface area (Å²) in [6.45, 7) is 2.13. The Morgan fingerprint density at radius 2 is 1.91 bits per heavy atom. The first-order valence-electron chi connectivity index (χ1n) is 11.5. The third-order valence-electron chi connectivity index (χ3n) is 6.46. The lowest BCUT2D eigenvalue weighted by Crippen LogP contribution is -2.31. The first-order chi connectivity index (χ1) is 16.6. The molecule has 0 unspecified atom stereocenters. The second-order valence-corrected chi connectivity index (χ2v) is 8.89. The minimum Gasteiger partial charge on any atom is -0.322 e. The van der Waals surface area contributed by atoms with Crippen LogP contribution in [0.4, 0.5) is 11.6 Å². The van der Waals surface area contributed by atoms with Crippen molar-refractivity contribution in [1.29, 1.82) is 5.26 Å². The number of rotatable bonds is 6. The van der Waals surface area contributed by atoms with Crippen LogP contribution >= 0.6 is 0 Å². The van der Waals surface area contributed by atoms with E-state index in [4.69, 9.17) is 0 Å². The Balaban J connectivity index is 1.35. The van der Waals surface area contributed by atoms with E-state index < -0.39 is 0 Å². The summed E-state index contributed by atoms with van der Waals surface area (Å²) in [5.74, 6) is 1.10. The summed E-state index contributed by atoms with van der Waals surface area (Å²) >= 11 is 0. The molecule has 34 heavy (non-hydrogen) atoms. The van der Waals surface area contributed by atoms with Crippen molar-refractivity contribution in [3.63, 3.8) is 0 Å². The minimum absolute atomic E-state index is 0.209. The largest absolute Gasteiger partial charge is 0.322 e. The fourth-order valence-electron chi connectivity index (χ4n) is 4.44. The number of hydrogen-bond acceptors (Lipinski definition) is 6. The minimum atomic E-state index is 0.209. The van der Waals surface area contributed by atoms with E-state index in [9.17, 15) is 10.1 Å². The molecule has 170 valence electrons. The molecular formula is C27H26N6O. The smallest absolute Gasteiger partial charge is 0.247 e. The molecule has 0 radical (unpaired) electrons. The molecule has 0 atom stereocenters. The Kier molecular flexibility index (Phi) is 6.07. The standard InChI is InChI=1S/C27H26N6O/c1-32-13-11-19(12-14-32)15-25(34)21-7-4-6-20(16-21)23-9-10-26-30-27(31-33(26)18-23)29-24-8-3-2-5-22(24)17-28/h2-10,16,18-19H,11-15H2,1H3,(H,29,31). The van der Waals surface area contributed by atoms with Crippen LogP contribution < -0.4 is 5.32 Å². The molecule has 1 aliphatic heterocycles. The van der Waals surface area contributed by atoms with E-state index >= 15 is 0 Å². The molecule has 1 saturated heterocycles. The third kappa shape index (κ3) is 4.68. The Morgan fingerprint density at radius 3 is 2.74 bits per heavy atom. The molecule has 3 heterocycles. The molecule has 0 aliphatic carbocycles. The number of aromatic nitrogens is 3. The van der Waals surface area contributed by atoms with Gasteiger partial charge in [0, 0.05) is 23.7 Å². The van der Waals surface area contributed by atoms with Gasteiger partial charge in [0.15, 0.2) is 11.4 Å². The zero-order chi connectivity index (χ0) is 23.5. The summed E-state index contributed by atoms with van der Waals surface area (Å²) in [5, 5.41) is 16.9. The van der Waals surface area contributed by atoms with E-state index in [0.717, 1.165) is 42.6 Å². The molecular weight excluding hydrogens is 424 g/mol. The second kappa shape index (κ2) is 9.46. The molecule has 0 bridgehead atoms. The molecule has 2 aromatic heterocycles. The van der Waals surface area contributed by atoms with Crippen molar-refractivity contribution >= 4 is 23.1 Å². The number of likely N-dealkylation sites (tertiary alicyclic amines) is 1.